The summed E-state index contributed by atoms with van der Waals surface area (Å²) in [5, 5.41) is 0.492. The van der Waals surface area contributed by atoms with Gasteiger partial charge in [0.2, 0.25) is 5.95 Å². The van der Waals surface area contributed by atoms with Crippen molar-refractivity contribution in [2.24, 2.45) is 0 Å². The number of H-pyrrole nitrogens is 1. The maximum Gasteiger partial charge on any atom is 0.573 e. The number of nitrogens with zero attached hydrogens (tertiary/aromatic N) is 3. The molecule has 1 aliphatic heterocycles. The number of rotatable bonds is 3. The van der Waals surface area contributed by atoms with E-state index >= 15 is 0 Å². The molecular weight excluding hydrogens is 481 g/mol. The van der Waals surface area contributed by atoms with E-state index in [0.29, 0.717) is 47.5 Å². The largest absolute Gasteiger partial charge is 0.573 e. The van der Waals surface area contributed by atoms with Gasteiger partial charge in [-0.15, -0.1) is 13.2 Å². The lowest BCUT2D eigenvalue weighted by atomic mass is 10.1. The number of halogens is 4. The molecule has 0 spiro atoms. The molecule has 162 valence electrons. The Kier molecular flexibility index (Phi) is 5.61. The Bertz CT molecular complexity index is 1190. The monoisotopic (exact) mass is 496 g/mol. The Labute approximate surface area is 182 Å². The van der Waals surface area contributed by atoms with Crippen molar-refractivity contribution in [1.82, 2.24) is 14.9 Å². The number of carbonyl (C=O) groups excluding carboxylic acids is 1. The molecule has 11 heteroatoms. The summed E-state index contributed by atoms with van der Waals surface area (Å²) >= 11 is 3.11. The SMILES string of the molecule is O=C(c1cc(Br)cc(OC(F)(F)F)c1)N1CCN(c2nc3ccccc3c(=O)[nH]2)CC1. The zero-order valence-corrected chi connectivity index (χ0v) is 17.5. The quantitative estimate of drug-likeness (QED) is 0.599. The fourth-order valence-corrected chi connectivity index (χ4v) is 3.88. The third kappa shape index (κ3) is 4.82. The van der Waals surface area contributed by atoms with Crippen LogP contribution in [0, 0.1) is 0 Å². The van der Waals surface area contributed by atoms with Crippen molar-refractivity contribution < 1.29 is 22.7 Å². The van der Waals surface area contributed by atoms with E-state index in [2.05, 4.69) is 30.6 Å². The van der Waals surface area contributed by atoms with Gasteiger partial charge in [0.05, 0.1) is 10.9 Å². The topological polar surface area (TPSA) is 78.5 Å². The predicted octanol–water partition coefficient (Wildman–Crippen LogP) is 3.55. The van der Waals surface area contributed by atoms with Crippen LogP contribution < -0.4 is 15.2 Å². The van der Waals surface area contributed by atoms with E-state index in [1.54, 1.807) is 24.3 Å². The van der Waals surface area contributed by atoms with Crippen molar-refractivity contribution in [1.29, 1.82) is 0 Å². The van der Waals surface area contributed by atoms with Crippen LogP contribution in [-0.2, 0) is 0 Å². The number of ether oxygens (including phenoxy) is 1. The molecule has 0 saturated carbocycles. The zero-order chi connectivity index (χ0) is 22.2. The van der Waals surface area contributed by atoms with Crippen LogP contribution in [0.3, 0.4) is 0 Å². The number of para-hydroxylation sites is 1. The molecule has 0 aliphatic carbocycles. The maximum absolute atomic E-state index is 12.8. The first kappa shape index (κ1) is 21.2. The Morgan fingerprint density at radius 3 is 2.52 bits per heavy atom. The standard InChI is InChI=1S/C20H16BrF3N4O3/c21-13-9-12(10-14(11-13)31-20(22,23)24)18(30)27-5-7-28(8-6-27)19-25-16-4-2-1-3-15(16)17(29)26-19/h1-4,9-11H,5-8H2,(H,25,26,29). The second kappa shape index (κ2) is 8.22. The number of piperazine rings is 1. The van der Waals surface area contributed by atoms with Crippen molar-refractivity contribution >= 4 is 38.7 Å². The first-order chi connectivity index (χ1) is 14.7. The summed E-state index contributed by atoms with van der Waals surface area (Å²) in [5.74, 6) is -0.464. The van der Waals surface area contributed by atoms with Gasteiger partial charge in [-0.2, -0.15) is 0 Å². The minimum Gasteiger partial charge on any atom is -0.406 e. The summed E-state index contributed by atoms with van der Waals surface area (Å²) in [7, 11) is 0. The zero-order valence-electron chi connectivity index (χ0n) is 15.9. The summed E-state index contributed by atoms with van der Waals surface area (Å²) < 4.78 is 41.8. The molecule has 31 heavy (non-hydrogen) atoms. The average molecular weight is 497 g/mol. The highest BCUT2D eigenvalue weighted by Gasteiger charge is 2.32. The molecule has 0 bridgehead atoms. The number of fused-ring (bicyclic) bond motifs is 1. The minimum atomic E-state index is -4.85. The van der Waals surface area contributed by atoms with Crippen molar-refractivity contribution in [2.75, 3.05) is 31.1 Å². The van der Waals surface area contributed by atoms with Crippen molar-refractivity contribution in [3.05, 3.63) is 62.9 Å². The van der Waals surface area contributed by atoms with Crippen LogP contribution in [0.5, 0.6) is 5.75 Å². The molecule has 1 saturated heterocycles. The highest BCUT2D eigenvalue weighted by molar-refractivity contribution is 9.10. The summed E-state index contributed by atoms with van der Waals surface area (Å²) in [5.41, 5.74) is 0.413. The van der Waals surface area contributed by atoms with E-state index in [1.807, 2.05) is 4.90 Å². The third-order valence-electron chi connectivity index (χ3n) is 4.82. The van der Waals surface area contributed by atoms with Crippen LogP contribution in [-0.4, -0.2) is 53.3 Å². The van der Waals surface area contributed by atoms with Gasteiger partial charge in [0, 0.05) is 36.2 Å². The highest BCUT2D eigenvalue weighted by Crippen LogP contribution is 2.28. The van der Waals surface area contributed by atoms with Gasteiger partial charge in [-0.05, 0) is 30.3 Å². The fraction of sp³-hybridized carbons (Fsp3) is 0.250. The number of benzene rings is 2. The highest BCUT2D eigenvalue weighted by atomic mass is 79.9. The molecule has 1 amide bonds. The third-order valence-corrected chi connectivity index (χ3v) is 5.28. The number of aromatic amines is 1. The summed E-state index contributed by atoms with van der Waals surface area (Å²) in [4.78, 5) is 35.7. The number of hydrogen-bond acceptors (Lipinski definition) is 5. The van der Waals surface area contributed by atoms with Crippen LogP contribution in [0.15, 0.2) is 51.7 Å². The van der Waals surface area contributed by atoms with Gasteiger partial charge in [0.25, 0.3) is 11.5 Å². The van der Waals surface area contributed by atoms with Gasteiger partial charge in [0.1, 0.15) is 5.75 Å². The van der Waals surface area contributed by atoms with Gasteiger partial charge in [-0.25, -0.2) is 4.98 Å². The van der Waals surface area contributed by atoms with Gasteiger partial charge in [-0.1, -0.05) is 28.1 Å². The number of alkyl halides is 3. The van der Waals surface area contributed by atoms with E-state index in [0.717, 1.165) is 12.1 Å². The number of anilines is 1. The van der Waals surface area contributed by atoms with Crippen LogP contribution in [0.2, 0.25) is 0 Å². The Balaban J connectivity index is 1.48. The molecule has 0 atom stereocenters. The van der Waals surface area contributed by atoms with Crippen molar-refractivity contribution in [3.63, 3.8) is 0 Å². The normalized spacial score (nSPS) is 14.7. The predicted molar refractivity (Wildman–Crippen MR) is 111 cm³/mol. The molecule has 1 aliphatic rings. The lowest BCUT2D eigenvalue weighted by Gasteiger charge is -2.35. The van der Waals surface area contributed by atoms with E-state index in [4.69, 9.17) is 0 Å². The lowest BCUT2D eigenvalue weighted by Crippen LogP contribution is -2.49. The van der Waals surface area contributed by atoms with Crippen LogP contribution in [0.4, 0.5) is 19.1 Å². The summed E-state index contributed by atoms with van der Waals surface area (Å²) in [6, 6.07) is 10.7. The molecule has 1 N–H and O–H groups in total. The van der Waals surface area contributed by atoms with Crippen LogP contribution in [0.1, 0.15) is 10.4 Å². The molecule has 2 aromatic carbocycles. The van der Waals surface area contributed by atoms with E-state index in [-0.39, 0.29) is 11.1 Å². The molecule has 1 fully saturated rings. The molecule has 3 aromatic rings. The second-order valence-corrected chi connectivity index (χ2v) is 7.83. The van der Waals surface area contributed by atoms with Crippen LogP contribution in [0.25, 0.3) is 10.9 Å². The van der Waals surface area contributed by atoms with Gasteiger partial charge in [0.15, 0.2) is 0 Å². The number of amides is 1. The summed E-state index contributed by atoms with van der Waals surface area (Å²) in [6.45, 7) is 1.45. The minimum absolute atomic E-state index is 0.0827. The molecule has 0 unspecified atom stereocenters. The molecule has 2 heterocycles. The Hall–Kier alpha value is -3.08. The molecule has 4 rings (SSSR count). The average Bonchev–Trinajstić information content (AvgIpc) is 2.71. The van der Waals surface area contributed by atoms with Gasteiger partial charge in [-0.3, -0.25) is 14.6 Å². The maximum atomic E-state index is 12.8. The van der Waals surface area contributed by atoms with Crippen molar-refractivity contribution in [2.45, 2.75) is 6.36 Å². The summed E-state index contributed by atoms with van der Waals surface area (Å²) in [6.07, 6.45) is -4.85. The van der Waals surface area contributed by atoms with E-state index < -0.39 is 18.0 Å². The van der Waals surface area contributed by atoms with Gasteiger partial charge >= 0.3 is 6.36 Å². The fourth-order valence-electron chi connectivity index (χ4n) is 3.41. The molecule has 0 radical (unpaired) electrons. The Morgan fingerprint density at radius 1 is 1.10 bits per heavy atom. The Morgan fingerprint density at radius 2 is 1.81 bits per heavy atom. The number of carbonyl (C=O) groups is 1. The first-order valence-electron chi connectivity index (χ1n) is 9.29. The second-order valence-electron chi connectivity index (χ2n) is 6.91. The molecular formula is C20H16BrF3N4O3. The van der Waals surface area contributed by atoms with Gasteiger partial charge < -0.3 is 14.5 Å². The van der Waals surface area contributed by atoms with Crippen LogP contribution >= 0.6 is 15.9 Å². The molecule has 7 nitrogen and oxygen atoms in total. The number of hydrogen-bond donors (Lipinski definition) is 1. The van der Waals surface area contributed by atoms with Crippen molar-refractivity contribution in [3.8, 4) is 5.75 Å². The number of nitrogens with one attached hydrogen (secondary N) is 1. The number of aromatic nitrogens is 2. The smallest absolute Gasteiger partial charge is 0.406 e. The molecule has 1 aromatic heterocycles. The van der Waals surface area contributed by atoms with E-state index in [9.17, 15) is 22.8 Å². The van der Waals surface area contributed by atoms with E-state index in [1.165, 1.54) is 11.0 Å². The first-order valence-corrected chi connectivity index (χ1v) is 10.1. The lowest BCUT2D eigenvalue weighted by molar-refractivity contribution is -0.274.